The lowest BCUT2D eigenvalue weighted by Gasteiger charge is -2.10. The molecule has 0 aliphatic heterocycles. The van der Waals surface area contributed by atoms with E-state index in [9.17, 15) is 0 Å². The predicted octanol–water partition coefficient (Wildman–Crippen LogP) is 2.90. The maximum absolute atomic E-state index is 4.25. The van der Waals surface area contributed by atoms with E-state index in [1.54, 1.807) is 0 Å². The first-order chi connectivity index (χ1) is 8.22. The number of anilines is 1. The molecule has 0 bridgehead atoms. The topological polar surface area (TPSA) is 29.9 Å². The molecule has 1 aromatic carbocycles. The quantitative estimate of drug-likeness (QED) is 0.873. The number of para-hydroxylation sites is 1. The van der Waals surface area contributed by atoms with Crippen LogP contribution in [-0.2, 0) is 20.0 Å². The van der Waals surface area contributed by atoms with Crippen molar-refractivity contribution in [3.8, 4) is 0 Å². The van der Waals surface area contributed by atoms with Crippen molar-refractivity contribution in [3.63, 3.8) is 0 Å². The summed E-state index contributed by atoms with van der Waals surface area (Å²) in [5, 5.41) is 7.73. The second-order valence-corrected chi connectivity index (χ2v) is 4.24. The van der Waals surface area contributed by atoms with Gasteiger partial charge in [-0.25, -0.2) is 0 Å². The van der Waals surface area contributed by atoms with E-state index in [1.165, 1.54) is 22.5 Å². The Balaban J connectivity index is 2.10. The molecule has 0 amide bonds. The molecule has 1 heterocycles. The van der Waals surface area contributed by atoms with Crippen molar-refractivity contribution < 1.29 is 0 Å². The highest BCUT2D eigenvalue weighted by Crippen LogP contribution is 2.17. The van der Waals surface area contributed by atoms with E-state index in [-0.39, 0.29) is 0 Å². The third-order valence-electron chi connectivity index (χ3n) is 3.20. The lowest BCUT2D eigenvalue weighted by Crippen LogP contribution is -2.03. The molecule has 0 fully saturated rings. The Kier molecular flexibility index (Phi) is 3.47. The van der Waals surface area contributed by atoms with Crippen LogP contribution in [0, 0.1) is 6.92 Å². The zero-order valence-corrected chi connectivity index (χ0v) is 10.7. The molecule has 90 valence electrons. The Labute approximate surface area is 102 Å². The van der Waals surface area contributed by atoms with Crippen molar-refractivity contribution in [2.45, 2.75) is 26.8 Å². The van der Waals surface area contributed by atoms with E-state index < -0.39 is 0 Å². The molecule has 0 saturated carbocycles. The first-order valence-corrected chi connectivity index (χ1v) is 6.01. The fourth-order valence-corrected chi connectivity index (χ4v) is 1.91. The van der Waals surface area contributed by atoms with Crippen molar-refractivity contribution >= 4 is 5.69 Å². The smallest absolute Gasteiger partial charge is 0.0542 e. The van der Waals surface area contributed by atoms with Crippen molar-refractivity contribution in [2.75, 3.05) is 5.32 Å². The monoisotopic (exact) mass is 229 g/mol. The Morgan fingerprint density at radius 1 is 1.24 bits per heavy atom. The van der Waals surface area contributed by atoms with Crippen LogP contribution in [0.25, 0.3) is 0 Å². The molecule has 3 nitrogen and oxygen atoms in total. The Hall–Kier alpha value is -1.77. The second-order valence-electron chi connectivity index (χ2n) is 4.24. The maximum Gasteiger partial charge on any atom is 0.0542 e. The SMILES string of the molecule is CCc1ccccc1NCc1cnn(C)c1C. The average molecular weight is 229 g/mol. The van der Waals surface area contributed by atoms with Crippen LogP contribution >= 0.6 is 0 Å². The molecule has 0 spiro atoms. The molecule has 3 heteroatoms. The molecule has 17 heavy (non-hydrogen) atoms. The first-order valence-electron chi connectivity index (χ1n) is 6.01. The van der Waals surface area contributed by atoms with Gasteiger partial charge in [-0.2, -0.15) is 5.10 Å². The van der Waals surface area contributed by atoms with E-state index in [4.69, 9.17) is 0 Å². The van der Waals surface area contributed by atoms with E-state index in [0.717, 1.165) is 13.0 Å². The molecule has 2 rings (SSSR count). The summed E-state index contributed by atoms with van der Waals surface area (Å²) >= 11 is 0. The molecule has 0 aliphatic carbocycles. The summed E-state index contributed by atoms with van der Waals surface area (Å²) in [6.45, 7) is 5.10. The normalized spacial score (nSPS) is 10.5. The molecule has 0 atom stereocenters. The van der Waals surface area contributed by atoms with E-state index >= 15 is 0 Å². The Bertz CT molecular complexity index is 500. The number of aromatic nitrogens is 2. The second kappa shape index (κ2) is 5.04. The first kappa shape index (κ1) is 11.7. The number of rotatable bonds is 4. The third-order valence-corrected chi connectivity index (χ3v) is 3.20. The summed E-state index contributed by atoms with van der Waals surface area (Å²) in [5.41, 5.74) is 5.04. The van der Waals surface area contributed by atoms with Gasteiger partial charge in [0.15, 0.2) is 0 Å². The third kappa shape index (κ3) is 2.49. The number of nitrogens with zero attached hydrogens (tertiary/aromatic N) is 2. The minimum atomic E-state index is 0.830. The molecule has 0 unspecified atom stereocenters. The van der Waals surface area contributed by atoms with Gasteiger partial charge in [-0.15, -0.1) is 0 Å². The van der Waals surface area contributed by atoms with Gasteiger partial charge in [0.2, 0.25) is 0 Å². The molecular weight excluding hydrogens is 210 g/mol. The molecule has 0 aliphatic rings. The van der Waals surface area contributed by atoms with Crippen LogP contribution in [0.5, 0.6) is 0 Å². The van der Waals surface area contributed by atoms with Crippen LogP contribution < -0.4 is 5.32 Å². The van der Waals surface area contributed by atoms with Gasteiger partial charge in [-0.1, -0.05) is 25.1 Å². The number of benzene rings is 1. The summed E-state index contributed by atoms with van der Waals surface area (Å²) in [6, 6.07) is 8.44. The number of hydrogen-bond donors (Lipinski definition) is 1. The van der Waals surface area contributed by atoms with Crippen molar-refractivity contribution in [1.29, 1.82) is 0 Å². The van der Waals surface area contributed by atoms with Gasteiger partial charge < -0.3 is 5.32 Å². The minimum Gasteiger partial charge on any atom is -0.381 e. The van der Waals surface area contributed by atoms with Crippen LogP contribution in [0.2, 0.25) is 0 Å². The van der Waals surface area contributed by atoms with Crippen LogP contribution in [0.4, 0.5) is 5.69 Å². The van der Waals surface area contributed by atoms with Gasteiger partial charge >= 0.3 is 0 Å². The van der Waals surface area contributed by atoms with E-state index in [0.29, 0.717) is 0 Å². The fourth-order valence-electron chi connectivity index (χ4n) is 1.91. The highest BCUT2D eigenvalue weighted by molar-refractivity contribution is 5.51. The largest absolute Gasteiger partial charge is 0.381 e. The van der Waals surface area contributed by atoms with Crippen molar-refractivity contribution in [3.05, 3.63) is 47.3 Å². The zero-order valence-electron chi connectivity index (χ0n) is 10.7. The van der Waals surface area contributed by atoms with E-state index in [2.05, 4.69) is 48.5 Å². The molecular formula is C14H19N3. The van der Waals surface area contributed by atoms with Crippen LogP contribution in [0.3, 0.4) is 0 Å². The summed E-state index contributed by atoms with van der Waals surface area (Å²) in [4.78, 5) is 0. The van der Waals surface area contributed by atoms with Gasteiger partial charge in [0.05, 0.1) is 6.20 Å². The van der Waals surface area contributed by atoms with Gasteiger partial charge in [-0.05, 0) is 25.0 Å². The Morgan fingerprint density at radius 3 is 2.65 bits per heavy atom. The lowest BCUT2D eigenvalue weighted by molar-refractivity contribution is 0.738. The van der Waals surface area contributed by atoms with Gasteiger partial charge in [0, 0.05) is 30.5 Å². The summed E-state index contributed by atoms with van der Waals surface area (Å²) in [5.74, 6) is 0. The van der Waals surface area contributed by atoms with Crippen LogP contribution in [0.15, 0.2) is 30.5 Å². The van der Waals surface area contributed by atoms with Crippen LogP contribution in [-0.4, -0.2) is 9.78 Å². The molecule has 2 aromatic rings. The van der Waals surface area contributed by atoms with Crippen molar-refractivity contribution in [1.82, 2.24) is 9.78 Å². The molecule has 0 saturated heterocycles. The number of nitrogens with one attached hydrogen (secondary N) is 1. The van der Waals surface area contributed by atoms with E-state index in [1.807, 2.05) is 17.9 Å². The maximum atomic E-state index is 4.25. The summed E-state index contributed by atoms with van der Waals surface area (Å²) in [6.07, 6.45) is 2.98. The van der Waals surface area contributed by atoms with Crippen LogP contribution in [0.1, 0.15) is 23.7 Å². The minimum absolute atomic E-state index is 0.830. The van der Waals surface area contributed by atoms with Crippen molar-refractivity contribution in [2.24, 2.45) is 7.05 Å². The fraction of sp³-hybridized carbons (Fsp3) is 0.357. The predicted molar refractivity (Wildman–Crippen MR) is 71.1 cm³/mol. The number of hydrogen-bond acceptors (Lipinski definition) is 2. The summed E-state index contributed by atoms with van der Waals surface area (Å²) < 4.78 is 1.91. The molecule has 1 N–H and O–H groups in total. The highest BCUT2D eigenvalue weighted by atomic mass is 15.3. The zero-order chi connectivity index (χ0) is 12.3. The highest BCUT2D eigenvalue weighted by Gasteiger charge is 2.04. The summed E-state index contributed by atoms with van der Waals surface area (Å²) in [7, 11) is 1.97. The van der Waals surface area contributed by atoms with Gasteiger partial charge in [0.25, 0.3) is 0 Å². The molecule has 0 radical (unpaired) electrons. The molecule has 1 aromatic heterocycles. The van der Waals surface area contributed by atoms with Gasteiger partial charge in [-0.3, -0.25) is 4.68 Å². The standard InChI is InChI=1S/C14H19N3/c1-4-12-7-5-6-8-14(12)15-9-13-10-16-17(3)11(13)2/h5-8,10,15H,4,9H2,1-3H3. The van der Waals surface area contributed by atoms with Gasteiger partial charge in [0.1, 0.15) is 0 Å². The lowest BCUT2D eigenvalue weighted by atomic mass is 10.1. The Morgan fingerprint density at radius 2 is 2.00 bits per heavy atom. The average Bonchev–Trinajstić information content (AvgIpc) is 2.68. The number of aryl methyl sites for hydroxylation is 2.